The molecule has 0 amide bonds. The predicted octanol–water partition coefficient (Wildman–Crippen LogP) is 3.15. The van der Waals surface area contributed by atoms with Crippen molar-refractivity contribution in [1.29, 1.82) is 0 Å². The van der Waals surface area contributed by atoms with Crippen LogP contribution in [0.1, 0.15) is 25.3 Å². The quantitative estimate of drug-likeness (QED) is 0.236. The maximum Gasteiger partial charge on any atom is 0.191 e. The molecule has 1 aromatic heterocycles. The molecule has 1 heterocycles. The number of benzene rings is 1. The van der Waals surface area contributed by atoms with Gasteiger partial charge in [0.05, 0.1) is 0 Å². The molecule has 0 atom stereocenters. The molecule has 0 aliphatic rings. The van der Waals surface area contributed by atoms with Gasteiger partial charge < -0.3 is 15.5 Å². The first-order valence-corrected chi connectivity index (χ1v) is 9.45. The number of nitrogens with one attached hydrogen (secondary N) is 2. The fourth-order valence-corrected chi connectivity index (χ4v) is 2.66. The van der Waals surface area contributed by atoms with Gasteiger partial charge in [-0.2, -0.15) is 5.10 Å². The predicted molar refractivity (Wildman–Crippen MR) is 125 cm³/mol. The van der Waals surface area contributed by atoms with Crippen LogP contribution in [0.3, 0.4) is 0 Å². The second-order valence-corrected chi connectivity index (χ2v) is 6.47. The Balaban J connectivity index is 0.00000364. The van der Waals surface area contributed by atoms with Crippen LogP contribution in [0.5, 0.6) is 0 Å². The van der Waals surface area contributed by atoms with Crippen molar-refractivity contribution >= 4 is 35.6 Å². The molecule has 2 aromatic rings. The van der Waals surface area contributed by atoms with Crippen LogP contribution in [0.25, 0.3) is 0 Å². The fraction of sp³-hybridized carbons (Fsp3) is 0.500. The summed E-state index contributed by atoms with van der Waals surface area (Å²) in [4.78, 5) is 6.76. The summed E-state index contributed by atoms with van der Waals surface area (Å²) >= 11 is 0. The van der Waals surface area contributed by atoms with Gasteiger partial charge in [-0.15, -0.1) is 24.0 Å². The summed E-state index contributed by atoms with van der Waals surface area (Å²) in [5.41, 5.74) is 2.61. The van der Waals surface area contributed by atoms with Crippen LogP contribution < -0.4 is 15.5 Å². The zero-order valence-electron chi connectivity index (χ0n) is 16.7. The third-order valence-electron chi connectivity index (χ3n) is 4.11. The number of rotatable bonds is 10. The van der Waals surface area contributed by atoms with Crippen LogP contribution in [-0.2, 0) is 13.0 Å². The molecule has 0 fully saturated rings. The molecule has 6 nitrogen and oxygen atoms in total. The number of guanidine groups is 1. The third kappa shape index (κ3) is 9.12. The third-order valence-corrected chi connectivity index (χ3v) is 4.11. The molecule has 7 heteroatoms. The Labute approximate surface area is 180 Å². The Morgan fingerprint density at radius 2 is 1.93 bits per heavy atom. The van der Waals surface area contributed by atoms with Crippen LogP contribution in [0, 0.1) is 0 Å². The van der Waals surface area contributed by atoms with E-state index < -0.39 is 0 Å². The molecule has 150 valence electrons. The average Bonchev–Trinajstić information content (AvgIpc) is 3.16. The van der Waals surface area contributed by atoms with Crippen molar-refractivity contribution in [3.05, 3.63) is 48.3 Å². The summed E-state index contributed by atoms with van der Waals surface area (Å²) < 4.78 is 1.94. The molecule has 0 aliphatic carbocycles. The molecule has 1 aromatic carbocycles. The maximum atomic E-state index is 4.64. The van der Waals surface area contributed by atoms with E-state index in [-0.39, 0.29) is 24.0 Å². The average molecular weight is 484 g/mol. The lowest BCUT2D eigenvalue weighted by Crippen LogP contribution is -2.38. The van der Waals surface area contributed by atoms with Crippen LogP contribution in [0.15, 0.2) is 47.7 Å². The van der Waals surface area contributed by atoms with Gasteiger partial charge in [-0.05, 0) is 49.9 Å². The van der Waals surface area contributed by atoms with E-state index >= 15 is 0 Å². The second-order valence-electron chi connectivity index (χ2n) is 6.47. The minimum atomic E-state index is 0. The van der Waals surface area contributed by atoms with Crippen molar-refractivity contribution < 1.29 is 0 Å². The van der Waals surface area contributed by atoms with Gasteiger partial charge in [0.15, 0.2) is 5.96 Å². The molecule has 0 unspecified atom stereocenters. The molecule has 0 aliphatic heterocycles. The Morgan fingerprint density at radius 1 is 1.15 bits per heavy atom. The van der Waals surface area contributed by atoms with Crippen LogP contribution >= 0.6 is 24.0 Å². The summed E-state index contributed by atoms with van der Waals surface area (Å²) in [6.07, 6.45) is 6.93. The first-order valence-electron chi connectivity index (χ1n) is 9.45. The Kier molecular flexibility index (Phi) is 11.6. The number of aliphatic imine (C=N–C) groups is 1. The van der Waals surface area contributed by atoms with E-state index in [4.69, 9.17) is 0 Å². The standard InChI is InChI=1S/C20H32N6.HI/c1-4-21-20(23-14-6-16-26-17-7-15-24-26)22-13-5-8-18-9-11-19(12-10-18)25(2)3;/h7,9-12,15,17H,4-6,8,13-14,16H2,1-3H3,(H2,21,22,23);1H. The lowest BCUT2D eigenvalue weighted by Gasteiger charge is -2.13. The van der Waals surface area contributed by atoms with Crippen LogP contribution in [0.4, 0.5) is 5.69 Å². The van der Waals surface area contributed by atoms with Crippen molar-refractivity contribution in [2.45, 2.75) is 32.7 Å². The summed E-state index contributed by atoms with van der Waals surface area (Å²) in [7, 11) is 4.13. The van der Waals surface area contributed by atoms with Gasteiger partial charge in [-0.1, -0.05) is 12.1 Å². The highest BCUT2D eigenvalue weighted by atomic mass is 127. The van der Waals surface area contributed by atoms with Crippen molar-refractivity contribution in [3.63, 3.8) is 0 Å². The summed E-state index contributed by atoms with van der Waals surface area (Å²) in [6, 6.07) is 10.7. The minimum Gasteiger partial charge on any atom is -0.378 e. The van der Waals surface area contributed by atoms with Crippen LogP contribution in [0.2, 0.25) is 0 Å². The van der Waals surface area contributed by atoms with E-state index in [1.54, 1.807) is 0 Å². The number of nitrogens with zero attached hydrogens (tertiary/aromatic N) is 4. The van der Waals surface area contributed by atoms with E-state index in [9.17, 15) is 0 Å². The van der Waals surface area contributed by atoms with Crippen molar-refractivity contribution in [2.24, 2.45) is 4.99 Å². The van der Waals surface area contributed by atoms with E-state index in [1.165, 1.54) is 11.3 Å². The molecule has 0 saturated carbocycles. The monoisotopic (exact) mass is 484 g/mol. The van der Waals surface area contributed by atoms with Crippen LogP contribution in [-0.4, -0.2) is 49.5 Å². The number of hydrogen-bond acceptors (Lipinski definition) is 3. The second kappa shape index (κ2) is 13.4. The van der Waals surface area contributed by atoms with Gasteiger partial charge in [0.2, 0.25) is 0 Å². The molecule has 0 spiro atoms. The van der Waals surface area contributed by atoms with Gasteiger partial charge in [0, 0.05) is 58.4 Å². The highest BCUT2D eigenvalue weighted by Crippen LogP contribution is 2.13. The van der Waals surface area contributed by atoms with Gasteiger partial charge in [-0.3, -0.25) is 9.67 Å². The van der Waals surface area contributed by atoms with Gasteiger partial charge in [0.25, 0.3) is 0 Å². The molecule has 2 N–H and O–H groups in total. The van der Waals surface area contributed by atoms with E-state index in [0.717, 1.165) is 51.4 Å². The minimum absolute atomic E-state index is 0. The molecule has 0 saturated heterocycles. The van der Waals surface area contributed by atoms with Crippen molar-refractivity contribution in [3.8, 4) is 0 Å². The first kappa shape index (κ1) is 23.3. The van der Waals surface area contributed by atoms with Gasteiger partial charge in [-0.25, -0.2) is 0 Å². The highest BCUT2D eigenvalue weighted by molar-refractivity contribution is 14.0. The summed E-state index contributed by atoms with van der Waals surface area (Å²) in [5.74, 6) is 0.899. The molecule has 27 heavy (non-hydrogen) atoms. The van der Waals surface area contributed by atoms with Crippen molar-refractivity contribution in [2.75, 3.05) is 38.6 Å². The number of hydrogen-bond donors (Lipinski definition) is 2. The van der Waals surface area contributed by atoms with E-state index in [0.29, 0.717) is 0 Å². The van der Waals surface area contributed by atoms with Gasteiger partial charge in [0.1, 0.15) is 0 Å². The fourth-order valence-electron chi connectivity index (χ4n) is 2.66. The van der Waals surface area contributed by atoms with Crippen molar-refractivity contribution in [1.82, 2.24) is 20.4 Å². The Hall–Kier alpha value is -1.77. The van der Waals surface area contributed by atoms with Gasteiger partial charge >= 0.3 is 0 Å². The molecular weight excluding hydrogens is 451 g/mol. The number of aromatic nitrogens is 2. The van der Waals surface area contributed by atoms with E-state index in [1.807, 2.05) is 23.1 Å². The largest absolute Gasteiger partial charge is 0.378 e. The summed E-state index contributed by atoms with van der Waals surface area (Å²) in [5, 5.41) is 10.9. The number of halogens is 1. The molecule has 0 radical (unpaired) electrons. The zero-order chi connectivity index (χ0) is 18.6. The number of anilines is 1. The smallest absolute Gasteiger partial charge is 0.191 e. The highest BCUT2D eigenvalue weighted by Gasteiger charge is 1.99. The number of aryl methyl sites for hydroxylation is 2. The first-order chi connectivity index (χ1) is 12.7. The molecular formula is C20H33IN6. The summed E-state index contributed by atoms with van der Waals surface area (Å²) in [6.45, 7) is 5.57. The topological polar surface area (TPSA) is 57.5 Å². The maximum absolute atomic E-state index is 4.64. The molecule has 2 rings (SSSR count). The lowest BCUT2D eigenvalue weighted by molar-refractivity contribution is 0.583. The van der Waals surface area contributed by atoms with E-state index in [2.05, 4.69) is 70.9 Å². The zero-order valence-corrected chi connectivity index (χ0v) is 19.0. The lowest BCUT2D eigenvalue weighted by atomic mass is 10.1. The Morgan fingerprint density at radius 3 is 2.56 bits per heavy atom. The Bertz CT molecular complexity index is 637. The molecule has 0 bridgehead atoms. The normalized spacial score (nSPS) is 11.0. The SMILES string of the molecule is CCNC(=NCCCn1cccn1)NCCCc1ccc(N(C)C)cc1.I.